The fraction of sp³-hybridized carbons (Fsp3) is 0.409. The van der Waals surface area contributed by atoms with Gasteiger partial charge in [0, 0.05) is 5.92 Å². The Hall–Kier alpha value is -2.13. The van der Waals surface area contributed by atoms with Crippen molar-refractivity contribution in [2.45, 2.75) is 39.2 Å². The molecular weight excluding hydrogens is 310 g/mol. The number of esters is 1. The molecule has 1 aliphatic rings. The molecule has 0 saturated carbocycles. The van der Waals surface area contributed by atoms with E-state index in [1.807, 2.05) is 38.1 Å². The molecule has 0 bridgehead atoms. The Morgan fingerprint density at radius 3 is 2.36 bits per heavy atom. The van der Waals surface area contributed by atoms with Gasteiger partial charge in [0.05, 0.1) is 5.56 Å². The lowest BCUT2D eigenvalue weighted by molar-refractivity contribution is -0.0367. The van der Waals surface area contributed by atoms with Crippen LogP contribution in [0.3, 0.4) is 0 Å². The first-order valence-corrected chi connectivity index (χ1v) is 9.07. The van der Waals surface area contributed by atoms with E-state index < -0.39 is 5.60 Å². The third-order valence-electron chi connectivity index (χ3n) is 5.19. The van der Waals surface area contributed by atoms with E-state index in [-0.39, 0.29) is 5.97 Å². The minimum atomic E-state index is -0.459. The molecule has 1 heterocycles. The van der Waals surface area contributed by atoms with E-state index in [0.717, 1.165) is 37.1 Å². The molecule has 25 heavy (non-hydrogen) atoms. The highest BCUT2D eigenvalue weighted by Gasteiger charge is 2.34. The van der Waals surface area contributed by atoms with Gasteiger partial charge < -0.3 is 10.1 Å². The van der Waals surface area contributed by atoms with Gasteiger partial charge in [-0.15, -0.1) is 0 Å². The fourth-order valence-corrected chi connectivity index (χ4v) is 3.54. The van der Waals surface area contributed by atoms with Crippen LogP contribution in [-0.4, -0.2) is 24.7 Å². The number of rotatable bonds is 4. The van der Waals surface area contributed by atoms with Crippen LogP contribution in [0.1, 0.15) is 42.6 Å². The molecule has 0 radical (unpaired) electrons. The van der Waals surface area contributed by atoms with Crippen LogP contribution in [0.25, 0.3) is 11.1 Å². The maximum Gasteiger partial charge on any atom is 0.339 e. The smallest absolute Gasteiger partial charge is 0.339 e. The molecule has 3 heteroatoms. The van der Waals surface area contributed by atoms with E-state index in [2.05, 4.69) is 36.5 Å². The Morgan fingerprint density at radius 1 is 1.04 bits per heavy atom. The van der Waals surface area contributed by atoms with Crippen molar-refractivity contribution < 1.29 is 9.53 Å². The highest BCUT2D eigenvalue weighted by molar-refractivity contribution is 5.97. The van der Waals surface area contributed by atoms with Crippen LogP contribution < -0.4 is 5.32 Å². The van der Waals surface area contributed by atoms with Crippen molar-refractivity contribution in [3.8, 4) is 11.1 Å². The molecule has 0 atom stereocenters. The van der Waals surface area contributed by atoms with Crippen LogP contribution >= 0.6 is 0 Å². The molecule has 0 spiro atoms. The molecule has 2 aromatic rings. The van der Waals surface area contributed by atoms with Crippen molar-refractivity contribution in [3.05, 3.63) is 59.7 Å². The second-order valence-electron chi connectivity index (χ2n) is 7.43. The van der Waals surface area contributed by atoms with Crippen LogP contribution in [0.4, 0.5) is 0 Å². The summed E-state index contributed by atoms with van der Waals surface area (Å²) in [5.74, 6) is 0.156. The first kappa shape index (κ1) is 17.7. The lowest BCUT2D eigenvalue weighted by atomic mass is 9.83. The van der Waals surface area contributed by atoms with Crippen molar-refractivity contribution in [1.82, 2.24) is 5.32 Å². The number of benzene rings is 2. The van der Waals surface area contributed by atoms with Gasteiger partial charge in [-0.1, -0.05) is 48.0 Å². The Kier molecular flexibility index (Phi) is 5.24. The van der Waals surface area contributed by atoms with Gasteiger partial charge >= 0.3 is 5.97 Å². The maximum absolute atomic E-state index is 12.9. The minimum absolute atomic E-state index is 0.236. The van der Waals surface area contributed by atoms with Crippen LogP contribution in [0.15, 0.2) is 48.5 Å². The monoisotopic (exact) mass is 337 g/mol. The summed E-state index contributed by atoms with van der Waals surface area (Å²) in [6, 6.07) is 15.9. The Balaban J connectivity index is 1.84. The topological polar surface area (TPSA) is 38.3 Å². The van der Waals surface area contributed by atoms with Crippen molar-refractivity contribution in [2.24, 2.45) is 5.92 Å². The molecule has 2 aromatic carbocycles. The molecule has 132 valence electrons. The van der Waals surface area contributed by atoms with Crippen LogP contribution in [0.2, 0.25) is 0 Å². The zero-order valence-electron chi connectivity index (χ0n) is 15.3. The number of carbonyl (C=O) groups is 1. The van der Waals surface area contributed by atoms with Crippen LogP contribution in [0.5, 0.6) is 0 Å². The van der Waals surface area contributed by atoms with Gasteiger partial charge in [0.2, 0.25) is 0 Å². The van der Waals surface area contributed by atoms with E-state index in [1.54, 1.807) is 0 Å². The quantitative estimate of drug-likeness (QED) is 0.829. The lowest BCUT2D eigenvalue weighted by Gasteiger charge is -2.36. The molecule has 1 N–H and O–H groups in total. The normalized spacial score (nSPS) is 15.8. The number of hydrogen-bond acceptors (Lipinski definition) is 3. The fourth-order valence-electron chi connectivity index (χ4n) is 3.54. The number of ether oxygens (including phenoxy) is 1. The molecule has 0 amide bonds. The predicted octanol–water partition coefficient (Wildman–Crippen LogP) is 4.60. The molecule has 1 saturated heterocycles. The van der Waals surface area contributed by atoms with Gasteiger partial charge in [-0.2, -0.15) is 0 Å². The first-order valence-electron chi connectivity index (χ1n) is 9.07. The zero-order chi connectivity index (χ0) is 17.9. The zero-order valence-corrected chi connectivity index (χ0v) is 15.3. The first-order chi connectivity index (χ1) is 12.0. The molecule has 0 unspecified atom stereocenters. The predicted molar refractivity (Wildman–Crippen MR) is 102 cm³/mol. The van der Waals surface area contributed by atoms with Crippen molar-refractivity contribution in [1.29, 1.82) is 0 Å². The maximum atomic E-state index is 12.9. The van der Waals surface area contributed by atoms with Gasteiger partial charge in [-0.25, -0.2) is 4.79 Å². The molecule has 1 aliphatic heterocycles. The summed E-state index contributed by atoms with van der Waals surface area (Å²) < 4.78 is 5.98. The SMILES string of the molecule is Cc1ccc(-c2ccccc2C(=O)OC(C)(C)C2CCNCC2)cc1. The van der Waals surface area contributed by atoms with Crippen LogP contribution in [0, 0.1) is 12.8 Å². The minimum Gasteiger partial charge on any atom is -0.456 e. The standard InChI is InChI=1S/C22H27NO2/c1-16-8-10-17(11-9-16)19-6-4-5-7-20(19)21(24)25-22(2,3)18-12-14-23-15-13-18/h4-11,18,23H,12-15H2,1-3H3. The number of piperidine rings is 1. The van der Waals surface area contributed by atoms with E-state index >= 15 is 0 Å². The molecular formula is C22H27NO2. The van der Waals surface area contributed by atoms with E-state index in [1.165, 1.54) is 5.56 Å². The Labute approximate surface area is 150 Å². The molecule has 3 nitrogen and oxygen atoms in total. The lowest BCUT2D eigenvalue weighted by Crippen LogP contribution is -2.42. The second kappa shape index (κ2) is 7.40. The van der Waals surface area contributed by atoms with Gasteiger partial charge in [-0.3, -0.25) is 0 Å². The summed E-state index contributed by atoms with van der Waals surface area (Å²) in [6.45, 7) is 8.12. The largest absolute Gasteiger partial charge is 0.456 e. The summed E-state index contributed by atoms with van der Waals surface area (Å²) in [5.41, 5.74) is 3.34. The number of nitrogens with one attached hydrogen (secondary N) is 1. The molecule has 0 aliphatic carbocycles. The van der Waals surface area contributed by atoms with Gasteiger partial charge in [0.15, 0.2) is 0 Å². The number of aryl methyl sites for hydroxylation is 1. The summed E-state index contributed by atoms with van der Waals surface area (Å²) >= 11 is 0. The van der Waals surface area contributed by atoms with E-state index in [0.29, 0.717) is 11.5 Å². The Bertz CT molecular complexity index is 728. The van der Waals surface area contributed by atoms with Crippen LogP contribution in [-0.2, 0) is 4.74 Å². The second-order valence-corrected chi connectivity index (χ2v) is 7.43. The molecule has 0 aromatic heterocycles. The summed E-state index contributed by atoms with van der Waals surface area (Å²) in [6.07, 6.45) is 2.08. The van der Waals surface area contributed by atoms with Gasteiger partial charge in [0.25, 0.3) is 0 Å². The number of carbonyl (C=O) groups excluding carboxylic acids is 1. The van der Waals surface area contributed by atoms with E-state index in [4.69, 9.17) is 4.74 Å². The molecule has 3 rings (SSSR count). The van der Waals surface area contributed by atoms with Gasteiger partial charge in [-0.05, 0) is 63.9 Å². The third-order valence-corrected chi connectivity index (χ3v) is 5.19. The highest BCUT2D eigenvalue weighted by atomic mass is 16.6. The van der Waals surface area contributed by atoms with Crippen molar-refractivity contribution >= 4 is 5.97 Å². The molecule has 1 fully saturated rings. The van der Waals surface area contributed by atoms with Gasteiger partial charge in [0.1, 0.15) is 5.60 Å². The average molecular weight is 337 g/mol. The average Bonchev–Trinajstić information content (AvgIpc) is 2.63. The number of hydrogen-bond donors (Lipinski definition) is 1. The van der Waals surface area contributed by atoms with E-state index in [9.17, 15) is 4.79 Å². The summed E-state index contributed by atoms with van der Waals surface area (Å²) in [4.78, 5) is 12.9. The highest BCUT2D eigenvalue weighted by Crippen LogP contribution is 2.31. The summed E-state index contributed by atoms with van der Waals surface area (Å²) in [5, 5.41) is 3.37. The van der Waals surface area contributed by atoms with Crippen molar-refractivity contribution in [3.63, 3.8) is 0 Å². The third kappa shape index (κ3) is 4.10. The summed E-state index contributed by atoms with van der Waals surface area (Å²) in [7, 11) is 0. The van der Waals surface area contributed by atoms with Crippen molar-refractivity contribution in [2.75, 3.05) is 13.1 Å². The Morgan fingerprint density at radius 2 is 1.68 bits per heavy atom.